The van der Waals surface area contributed by atoms with Gasteiger partial charge in [0.25, 0.3) is 0 Å². The van der Waals surface area contributed by atoms with E-state index < -0.39 is 0 Å². The van der Waals surface area contributed by atoms with Crippen LogP contribution in [0.3, 0.4) is 0 Å². The monoisotopic (exact) mass is 453 g/mol. The van der Waals surface area contributed by atoms with Crippen LogP contribution >= 0.6 is 0 Å². The van der Waals surface area contributed by atoms with Crippen LogP contribution in [0.1, 0.15) is 78.2 Å². The van der Waals surface area contributed by atoms with Crippen LogP contribution in [0, 0.1) is 11.3 Å². The van der Waals surface area contributed by atoms with Gasteiger partial charge in [0.1, 0.15) is 0 Å². The summed E-state index contributed by atoms with van der Waals surface area (Å²) in [6.07, 6.45) is 11.1. The third kappa shape index (κ3) is 6.54. The number of nitrogens with zero attached hydrogens (tertiary/aromatic N) is 2. The molecule has 1 aromatic rings. The summed E-state index contributed by atoms with van der Waals surface area (Å²) in [5.41, 5.74) is 6.16. The van der Waals surface area contributed by atoms with E-state index in [0.29, 0.717) is 11.5 Å². The number of anilines is 2. The minimum Gasteiger partial charge on any atom is -0.382 e. The lowest BCUT2D eigenvalue weighted by Gasteiger charge is -2.38. The number of benzene rings is 1. The van der Waals surface area contributed by atoms with Gasteiger partial charge in [0.2, 0.25) is 0 Å². The van der Waals surface area contributed by atoms with Gasteiger partial charge in [-0.25, -0.2) is 0 Å². The summed E-state index contributed by atoms with van der Waals surface area (Å²) in [7, 11) is 0. The summed E-state index contributed by atoms with van der Waals surface area (Å²) in [5.74, 6) is 0.787. The Morgan fingerprint density at radius 1 is 1.03 bits per heavy atom. The van der Waals surface area contributed by atoms with Crippen LogP contribution in [-0.4, -0.2) is 56.9 Å². The molecule has 33 heavy (non-hydrogen) atoms. The van der Waals surface area contributed by atoms with Gasteiger partial charge in [-0.3, -0.25) is 4.90 Å². The fourth-order valence-corrected chi connectivity index (χ4v) is 5.70. The lowest BCUT2D eigenvalue weighted by atomic mass is 9.72. The van der Waals surface area contributed by atoms with Crippen LogP contribution in [-0.2, 0) is 4.74 Å². The maximum atomic E-state index is 5.57. The minimum atomic E-state index is 0.395. The second-order valence-corrected chi connectivity index (χ2v) is 11.5. The van der Waals surface area contributed by atoms with Crippen molar-refractivity contribution < 1.29 is 4.74 Å². The quantitative estimate of drug-likeness (QED) is 0.515. The van der Waals surface area contributed by atoms with Gasteiger partial charge in [-0.1, -0.05) is 40.2 Å². The van der Waals surface area contributed by atoms with Crippen molar-refractivity contribution in [2.45, 2.75) is 78.7 Å². The molecule has 184 valence electrons. The van der Waals surface area contributed by atoms with E-state index in [1.807, 2.05) is 0 Å². The number of piperazine rings is 1. The first kappa shape index (κ1) is 24.6. The van der Waals surface area contributed by atoms with Gasteiger partial charge in [-0.15, -0.1) is 0 Å². The Balaban J connectivity index is 1.53. The van der Waals surface area contributed by atoms with E-state index in [0.717, 1.165) is 45.1 Å². The maximum Gasteiger partial charge on any atom is 0.0485 e. The van der Waals surface area contributed by atoms with Gasteiger partial charge < -0.3 is 15.0 Å². The number of hydrogen-bond acceptors (Lipinski definition) is 4. The summed E-state index contributed by atoms with van der Waals surface area (Å²) in [6, 6.07) is 7.71. The fraction of sp³-hybridized carbons (Fsp3) is 0.724. The van der Waals surface area contributed by atoms with Crippen molar-refractivity contribution in [3.8, 4) is 0 Å². The van der Waals surface area contributed by atoms with E-state index in [-0.39, 0.29) is 0 Å². The highest BCUT2D eigenvalue weighted by Crippen LogP contribution is 2.42. The van der Waals surface area contributed by atoms with Crippen molar-refractivity contribution >= 4 is 16.9 Å². The molecule has 4 rings (SSSR count). The van der Waals surface area contributed by atoms with Crippen molar-refractivity contribution in [3.05, 3.63) is 29.8 Å². The Bertz CT molecular complexity index is 783. The van der Waals surface area contributed by atoms with Gasteiger partial charge in [-0.2, -0.15) is 0 Å². The third-order valence-corrected chi connectivity index (χ3v) is 8.11. The van der Waals surface area contributed by atoms with E-state index >= 15 is 0 Å². The molecule has 4 nitrogen and oxygen atoms in total. The molecule has 2 fully saturated rings. The molecular weight excluding hydrogens is 406 g/mol. The average Bonchev–Trinajstić information content (AvgIpc) is 2.83. The van der Waals surface area contributed by atoms with Crippen molar-refractivity contribution in [1.82, 2.24) is 4.90 Å². The van der Waals surface area contributed by atoms with Crippen LogP contribution in [0.25, 0.3) is 5.57 Å². The van der Waals surface area contributed by atoms with Crippen molar-refractivity contribution in [2.24, 2.45) is 11.3 Å². The number of ether oxygens (including phenoxy) is 1. The zero-order chi connectivity index (χ0) is 23.3. The molecule has 3 aliphatic rings. The number of nitrogens with one attached hydrogen (secondary N) is 1. The van der Waals surface area contributed by atoms with Gasteiger partial charge in [-0.05, 0) is 80.2 Å². The molecule has 1 N–H and O–H groups in total. The van der Waals surface area contributed by atoms with Crippen molar-refractivity contribution in [1.29, 1.82) is 0 Å². The summed E-state index contributed by atoms with van der Waals surface area (Å²) in [6.45, 7) is 17.2. The lowest BCUT2D eigenvalue weighted by Crippen LogP contribution is -2.46. The predicted molar refractivity (Wildman–Crippen MR) is 142 cm³/mol. The molecule has 1 aromatic carbocycles. The predicted octanol–water partition coefficient (Wildman–Crippen LogP) is 6.43. The molecule has 0 saturated carbocycles. The molecule has 1 atom stereocenters. The third-order valence-electron chi connectivity index (χ3n) is 8.11. The summed E-state index contributed by atoms with van der Waals surface area (Å²) in [5, 5.41) is 3.82. The molecule has 2 aliphatic heterocycles. The second kappa shape index (κ2) is 11.3. The van der Waals surface area contributed by atoms with E-state index in [1.54, 1.807) is 5.57 Å². The standard InChI is InChI=1S/C29H47N3O/c1-5-6-15-31-16-18-32(19-17-31)28-12-11-26(30-25-13-20-33-21-14-25)22-27(28)23-7-9-24(10-8-23)29(2,3)4/h7,11-12,22,24-25,30H,5-6,8-10,13-21H2,1-4H3. The molecule has 0 radical (unpaired) electrons. The fourth-order valence-electron chi connectivity index (χ4n) is 5.70. The van der Waals surface area contributed by atoms with Crippen LogP contribution < -0.4 is 10.2 Å². The Morgan fingerprint density at radius 2 is 1.79 bits per heavy atom. The van der Waals surface area contributed by atoms with E-state index in [2.05, 4.69) is 67.1 Å². The van der Waals surface area contributed by atoms with Gasteiger partial charge in [0.05, 0.1) is 0 Å². The lowest BCUT2D eigenvalue weighted by molar-refractivity contribution is 0.0904. The summed E-state index contributed by atoms with van der Waals surface area (Å²) in [4.78, 5) is 5.29. The topological polar surface area (TPSA) is 27.7 Å². The first-order chi connectivity index (χ1) is 15.9. The molecule has 2 heterocycles. The number of hydrogen-bond donors (Lipinski definition) is 1. The van der Waals surface area contributed by atoms with E-state index in [9.17, 15) is 0 Å². The van der Waals surface area contributed by atoms with Crippen molar-refractivity contribution in [2.75, 3.05) is 56.2 Å². The number of rotatable bonds is 7. The SMILES string of the molecule is CCCCN1CCN(c2ccc(NC3CCOCC3)cc2C2=CCC(C(C)(C)C)CC2)CC1. The molecular formula is C29H47N3O. The van der Waals surface area contributed by atoms with E-state index in [1.165, 1.54) is 68.7 Å². The first-order valence-corrected chi connectivity index (χ1v) is 13.6. The smallest absolute Gasteiger partial charge is 0.0485 e. The number of unbranched alkanes of at least 4 members (excludes halogenated alkanes) is 1. The zero-order valence-electron chi connectivity index (χ0n) is 21.7. The Kier molecular flexibility index (Phi) is 8.40. The number of allylic oxidation sites excluding steroid dienone is 2. The maximum absolute atomic E-state index is 5.57. The highest BCUT2D eigenvalue weighted by Gasteiger charge is 2.28. The highest BCUT2D eigenvalue weighted by molar-refractivity contribution is 5.80. The van der Waals surface area contributed by atoms with Crippen LogP contribution in [0.5, 0.6) is 0 Å². The van der Waals surface area contributed by atoms with Crippen LogP contribution in [0.15, 0.2) is 24.3 Å². The molecule has 2 saturated heterocycles. The molecule has 0 bridgehead atoms. The molecule has 1 unspecified atom stereocenters. The van der Waals surface area contributed by atoms with Gasteiger partial charge in [0, 0.05) is 62.4 Å². The summed E-state index contributed by atoms with van der Waals surface area (Å²) < 4.78 is 5.57. The molecule has 0 aromatic heterocycles. The molecule has 4 heteroatoms. The van der Waals surface area contributed by atoms with E-state index in [4.69, 9.17) is 4.74 Å². The molecule has 1 aliphatic carbocycles. The average molecular weight is 454 g/mol. The Labute approximate surface area is 202 Å². The Morgan fingerprint density at radius 3 is 2.42 bits per heavy atom. The molecule has 0 spiro atoms. The minimum absolute atomic E-state index is 0.395. The molecule has 0 amide bonds. The Hall–Kier alpha value is -1.52. The van der Waals surface area contributed by atoms with Gasteiger partial charge in [0.15, 0.2) is 0 Å². The largest absolute Gasteiger partial charge is 0.382 e. The zero-order valence-corrected chi connectivity index (χ0v) is 21.7. The normalized spacial score (nSPS) is 23.5. The highest BCUT2D eigenvalue weighted by atomic mass is 16.5. The van der Waals surface area contributed by atoms with Gasteiger partial charge >= 0.3 is 0 Å². The van der Waals surface area contributed by atoms with Crippen LogP contribution in [0.4, 0.5) is 11.4 Å². The van der Waals surface area contributed by atoms with Crippen molar-refractivity contribution in [3.63, 3.8) is 0 Å². The first-order valence-electron chi connectivity index (χ1n) is 13.6. The summed E-state index contributed by atoms with van der Waals surface area (Å²) >= 11 is 0. The van der Waals surface area contributed by atoms with Crippen LogP contribution in [0.2, 0.25) is 0 Å². The second-order valence-electron chi connectivity index (χ2n) is 11.5.